The maximum Gasteiger partial charge on any atom is 0.472 e. The molecule has 0 radical (unpaired) electrons. The maximum absolute atomic E-state index is 12.9. The van der Waals surface area contributed by atoms with Gasteiger partial charge in [0.25, 0.3) is 0 Å². The fourth-order valence-electron chi connectivity index (χ4n) is 8.30. The van der Waals surface area contributed by atoms with E-state index in [4.69, 9.17) is 9.05 Å². The van der Waals surface area contributed by atoms with E-state index in [0.717, 1.165) is 38.5 Å². The van der Waals surface area contributed by atoms with E-state index in [1.54, 1.807) is 6.08 Å². The van der Waals surface area contributed by atoms with Gasteiger partial charge in [0.05, 0.1) is 39.9 Å². The molecule has 1 amide bonds. The second-order valence-electron chi connectivity index (χ2n) is 20.3. The summed E-state index contributed by atoms with van der Waals surface area (Å²) in [5, 5.41) is 13.9. The molecule has 0 heterocycles. The van der Waals surface area contributed by atoms with Crippen LogP contribution in [-0.2, 0) is 18.4 Å². The number of nitrogens with zero attached hydrogens (tertiary/aromatic N) is 1. The number of carbonyl (C=O) groups is 1. The Morgan fingerprint density at radius 1 is 0.516 bits per heavy atom. The Labute approximate surface area is 398 Å². The molecule has 0 aliphatic carbocycles. The average Bonchev–Trinajstić information content (AvgIpc) is 3.25. The lowest BCUT2D eigenvalue weighted by molar-refractivity contribution is -0.870. The van der Waals surface area contributed by atoms with Crippen molar-refractivity contribution < 1.29 is 32.9 Å². The Kier molecular flexibility index (Phi) is 46.3. The van der Waals surface area contributed by atoms with Crippen molar-refractivity contribution in [3.8, 4) is 0 Å². The third-order valence-electron chi connectivity index (χ3n) is 12.7. The molecular formula is C55H110N2O6P+. The largest absolute Gasteiger partial charge is 0.472 e. The second-order valence-corrected chi connectivity index (χ2v) is 21.8. The number of likely N-dealkylation sites (N-methyl/N-ethyl adjacent to an activating group) is 1. The predicted octanol–water partition coefficient (Wildman–Crippen LogP) is 16.4. The number of amides is 1. The van der Waals surface area contributed by atoms with Crippen LogP contribution in [0.3, 0.4) is 0 Å². The summed E-state index contributed by atoms with van der Waals surface area (Å²) in [6.07, 6.45) is 58.7. The highest BCUT2D eigenvalue weighted by molar-refractivity contribution is 7.47. The molecule has 3 N–H and O–H groups in total. The fourth-order valence-corrected chi connectivity index (χ4v) is 9.03. The lowest BCUT2D eigenvalue weighted by Crippen LogP contribution is -2.45. The standard InChI is InChI=1S/C55H109N2O6P/c1-6-8-10-12-14-16-18-19-20-21-22-23-24-25-26-27-28-29-30-31-32-33-34-35-36-37-39-40-42-44-46-48-54(58)53(52-63-64(60,61)62-51-50-57(3,4)5)56-55(59)49-47-45-43-41-38-17-15-13-11-9-7-2/h39-40,46,48,53-54,58H,6-38,41-45,47,49-52H2,1-5H3,(H-,56,59,60,61)/p+1/b40-39+,48-46+. The van der Waals surface area contributed by atoms with Crippen LogP contribution < -0.4 is 5.32 Å². The van der Waals surface area contributed by atoms with Crippen molar-refractivity contribution in [1.29, 1.82) is 0 Å². The van der Waals surface area contributed by atoms with E-state index in [9.17, 15) is 19.4 Å². The average molecular weight is 926 g/mol. The first-order valence-corrected chi connectivity index (χ1v) is 29.2. The highest BCUT2D eigenvalue weighted by Gasteiger charge is 2.27. The zero-order chi connectivity index (χ0) is 47.1. The summed E-state index contributed by atoms with van der Waals surface area (Å²) < 4.78 is 23.6. The molecular weight excluding hydrogens is 816 g/mol. The molecule has 3 atom stereocenters. The Morgan fingerprint density at radius 2 is 0.859 bits per heavy atom. The van der Waals surface area contributed by atoms with E-state index in [1.807, 2.05) is 27.2 Å². The number of allylic oxidation sites excluding steroid dienone is 3. The van der Waals surface area contributed by atoms with Gasteiger partial charge in [0, 0.05) is 6.42 Å². The molecule has 0 aliphatic rings. The van der Waals surface area contributed by atoms with Crippen LogP contribution in [0, 0.1) is 0 Å². The van der Waals surface area contributed by atoms with Gasteiger partial charge in [0.1, 0.15) is 13.2 Å². The van der Waals surface area contributed by atoms with E-state index in [1.165, 1.54) is 212 Å². The van der Waals surface area contributed by atoms with Gasteiger partial charge in [-0.15, -0.1) is 0 Å². The van der Waals surface area contributed by atoms with E-state index in [0.29, 0.717) is 17.4 Å². The van der Waals surface area contributed by atoms with Gasteiger partial charge in [-0.25, -0.2) is 4.57 Å². The molecule has 0 rings (SSSR count). The van der Waals surface area contributed by atoms with Gasteiger partial charge in [-0.1, -0.05) is 256 Å². The first-order valence-electron chi connectivity index (χ1n) is 27.7. The number of unbranched alkanes of at least 4 members (excludes halogenated alkanes) is 36. The van der Waals surface area contributed by atoms with Crippen molar-refractivity contribution in [3.05, 3.63) is 24.3 Å². The third-order valence-corrected chi connectivity index (χ3v) is 13.7. The van der Waals surface area contributed by atoms with Crippen molar-refractivity contribution >= 4 is 13.7 Å². The van der Waals surface area contributed by atoms with Crippen molar-refractivity contribution in [2.75, 3.05) is 40.9 Å². The predicted molar refractivity (Wildman–Crippen MR) is 277 cm³/mol. The second kappa shape index (κ2) is 47.1. The highest BCUT2D eigenvalue weighted by Crippen LogP contribution is 2.43. The molecule has 64 heavy (non-hydrogen) atoms. The fraction of sp³-hybridized carbons (Fsp3) is 0.909. The lowest BCUT2D eigenvalue weighted by atomic mass is 10.0. The first-order chi connectivity index (χ1) is 31.0. The lowest BCUT2D eigenvalue weighted by Gasteiger charge is -2.25. The minimum absolute atomic E-state index is 0.0584. The van der Waals surface area contributed by atoms with Gasteiger partial charge >= 0.3 is 7.82 Å². The molecule has 380 valence electrons. The highest BCUT2D eigenvalue weighted by atomic mass is 31.2. The summed E-state index contributed by atoms with van der Waals surface area (Å²) in [5.74, 6) is -0.186. The van der Waals surface area contributed by atoms with Crippen molar-refractivity contribution in [3.63, 3.8) is 0 Å². The minimum atomic E-state index is -4.34. The summed E-state index contributed by atoms with van der Waals surface area (Å²) >= 11 is 0. The molecule has 0 spiro atoms. The van der Waals surface area contributed by atoms with Gasteiger partial charge < -0.3 is 19.8 Å². The Morgan fingerprint density at radius 3 is 1.25 bits per heavy atom. The minimum Gasteiger partial charge on any atom is -0.387 e. The monoisotopic (exact) mass is 926 g/mol. The van der Waals surface area contributed by atoms with E-state index in [2.05, 4.69) is 31.3 Å². The SMILES string of the molecule is CCCCCCCCCCCCCCCCCCCCCCCCCCC/C=C/CC/C=C/C(O)C(COP(=O)(O)OCC[N+](C)(C)C)NC(=O)CCCCCCCCCCCCC. The molecule has 9 heteroatoms. The molecule has 0 aliphatic heterocycles. The summed E-state index contributed by atoms with van der Waals surface area (Å²) in [7, 11) is 1.56. The number of hydrogen-bond acceptors (Lipinski definition) is 5. The molecule has 0 aromatic carbocycles. The van der Waals surface area contributed by atoms with Crippen molar-refractivity contribution in [2.45, 2.75) is 283 Å². The molecule has 8 nitrogen and oxygen atoms in total. The summed E-state index contributed by atoms with van der Waals surface area (Å²) in [4.78, 5) is 23.1. The van der Waals surface area contributed by atoms with Gasteiger partial charge in [0.15, 0.2) is 0 Å². The Balaban J connectivity index is 4.08. The maximum atomic E-state index is 12.9. The number of rotatable bonds is 51. The number of aliphatic hydroxyl groups excluding tert-OH is 1. The molecule has 3 unspecified atom stereocenters. The molecule has 0 aromatic heterocycles. The topological polar surface area (TPSA) is 105 Å². The smallest absolute Gasteiger partial charge is 0.387 e. The number of phosphoric ester groups is 1. The van der Waals surface area contributed by atoms with E-state index in [-0.39, 0.29) is 19.1 Å². The van der Waals surface area contributed by atoms with Gasteiger partial charge in [-0.05, 0) is 32.1 Å². The first kappa shape index (κ1) is 63.0. The van der Waals surface area contributed by atoms with Crippen LogP contribution in [0.2, 0.25) is 0 Å². The van der Waals surface area contributed by atoms with Crippen LogP contribution in [0.5, 0.6) is 0 Å². The van der Waals surface area contributed by atoms with Crippen LogP contribution in [0.25, 0.3) is 0 Å². The number of carbonyl (C=O) groups excluding carboxylic acids is 1. The normalized spacial score (nSPS) is 14.2. The summed E-state index contributed by atoms with van der Waals surface area (Å²) in [5.41, 5.74) is 0. The quantitative estimate of drug-likeness (QED) is 0.0243. The number of aliphatic hydroxyl groups is 1. The molecule has 0 fully saturated rings. The number of quaternary nitrogens is 1. The van der Waals surface area contributed by atoms with Gasteiger partial charge in [-0.3, -0.25) is 13.8 Å². The van der Waals surface area contributed by atoms with Crippen molar-refractivity contribution in [2.24, 2.45) is 0 Å². The van der Waals surface area contributed by atoms with Crippen LogP contribution >= 0.6 is 7.82 Å². The van der Waals surface area contributed by atoms with E-state index < -0.39 is 20.0 Å². The number of phosphoric acid groups is 1. The zero-order valence-electron chi connectivity index (χ0n) is 43.3. The molecule has 0 saturated carbocycles. The van der Waals surface area contributed by atoms with E-state index >= 15 is 0 Å². The Hall–Kier alpha value is -1.02. The molecule has 0 saturated heterocycles. The van der Waals surface area contributed by atoms with Crippen LogP contribution in [0.4, 0.5) is 0 Å². The van der Waals surface area contributed by atoms with Gasteiger partial charge in [0.2, 0.25) is 5.91 Å². The van der Waals surface area contributed by atoms with Crippen LogP contribution in [0.1, 0.15) is 271 Å². The van der Waals surface area contributed by atoms with Gasteiger partial charge in [-0.2, -0.15) is 0 Å². The van der Waals surface area contributed by atoms with Crippen molar-refractivity contribution in [1.82, 2.24) is 5.32 Å². The molecule has 0 bridgehead atoms. The molecule has 0 aromatic rings. The summed E-state index contributed by atoms with van der Waals surface area (Å²) in [6.45, 7) is 4.81. The zero-order valence-corrected chi connectivity index (χ0v) is 44.2. The third kappa shape index (κ3) is 48.9. The number of hydrogen-bond donors (Lipinski definition) is 3. The number of nitrogens with one attached hydrogen (secondary N) is 1. The Bertz CT molecular complexity index is 1090. The van der Waals surface area contributed by atoms with Crippen LogP contribution in [-0.4, -0.2) is 73.4 Å². The van der Waals surface area contributed by atoms with Crippen LogP contribution in [0.15, 0.2) is 24.3 Å². The summed E-state index contributed by atoms with van der Waals surface area (Å²) in [6, 6.07) is -0.858.